The standard InChI is InChI=1S/C13H22O5S/c14-12(15)9-13(5-6-13)10-19(16,17)8-2-4-11-3-1-7-18-11/h11H,1-10H2,(H,14,15). The van der Waals surface area contributed by atoms with E-state index in [9.17, 15) is 13.2 Å². The van der Waals surface area contributed by atoms with Crippen molar-refractivity contribution in [3.8, 4) is 0 Å². The molecule has 1 aliphatic heterocycles. The van der Waals surface area contributed by atoms with Crippen LogP contribution >= 0.6 is 0 Å². The lowest BCUT2D eigenvalue weighted by Gasteiger charge is -2.13. The van der Waals surface area contributed by atoms with E-state index in [1.807, 2.05) is 0 Å². The maximum atomic E-state index is 12.0. The van der Waals surface area contributed by atoms with E-state index in [2.05, 4.69) is 0 Å². The van der Waals surface area contributed by atoms with Gasteiger partial charge in [-0.15, -0.1) is 0 Å². The van der Waals surface area contributed by atoms with Gasteiger partial charge in [0.2, 0.25) is 0 Å². The molecule has 1 saturated heterocycles. The smallest absolute Gasteiger partial charge is 0.303 e. The molecule has 110 valence electrons. The zero-order valence-corrected chi connectivity index (χ0v) is 12.0. The normalized spacial score (nSPS) is 25.4. The highest BCUT2D eigenvalue weighted by Crippen LogP contribution is 2.49. The summed E-state index contributed by atoms with van der Waals surface area (Å²) in [6.45, 7) is 0.791. The first-order valence-electron chi connectivity index (χ1n) is 6.95. The Kier molecular flexibility index (Phi) is 4.50. The zero-order chi connectivity index (χ0) is 13.9. The molecule has 0 radical (unpaired) electrons. The lowest BCUT2D eigenvalue weighted by Crippen LogP contribution is -2.23. The van der Waals surface area contributed by atoms with Gasteiger partial charge in [-0.25, -0.2) is 8.42 Å². The Morgan fingerprint density at radius 3 is 2.63 bits per heavy atom. The first kappa shape index (κ1) is 14.8. The number of hydrogen-bond donors (Lipinski definition) is 1. The molecule has 1 saturated carbocycles. The molecule has 5 nitrogen and oxygen atoms in total. The van der Waals surface area contributed by atoms with Crippen LogP contribution in [0.5, 0.6) is 0 Å². The number of hydrogen-bond acceptors (Lipinski definition) is 4. The van der Waals surface area contributed by atoms with Gasteiger partial charge in [0, 0.05) is 6.61 Å². The van der Waals surface area contributed by atoms with Gasteiger partial charge in [-0.2, -0.15) is 0 Å². The fourth-order valence-corrected chi connectivity index (χ4v) is 4.89. The second kappa shape index (κ2) is 5.79. The molecule has 1 unspecified atom stereocenters. The first-order chi connectivity index (χ1) is 8.91. The highest BCUT2D eigenvalue weighted by Gasteiger charge is 2.47. The van der Waals surface area contributed by atoms with Crippen molar-refractivity contribution in [3.63, 3.8) is 0 Å². The summed E-state index contributed by atoms with van der Waals surface area (Å²) in [5, 5.41) is 8.79. The summed E-state index contributed by atoms with van der Waals surface area (Å²) in [5.41, 5.74) is -0.464. The van der Waals surface area contributed by atoms with Gasteiger partial charge in [0.05, 0.1) is 24.0 Å². The van der Waals surface area contributed by atoms with Gasteiger partial charge in [-0.05, 0) is 43.9 Å². The van der Waals surface area contributed by atoms with Crippen LogP contribution in [-0.4, -0.2) is 43.7 Å². The van der Waals surface area contributed by atoms with E-state index < -0.39 is 21.2 Å². The van der Waals surface area contributed by atoms with Gasteiger partial charge in [0.25, 0.3) is 0 Å². The summed E-state index contributed by atoms with van der Waals surface area (Å²) >= 11 is 0. The average molecular weight is 290 g/mol. The summed E-state index contributed by atoms with van der Waals surface area (Å²) in [5.74, 6) is -0.696. The largest absolute Gasteiger partial charge is 0.481 e. The molecule has 0 spiro atoms. The van der Waals surface area contributed by atoms with Crippen molar-refractivity contribution in [2.24, 2.45) is 5.41 Å². The van der Waals surface area contributed by atoms with Gasteiger partial charge in [0.1, 0.15) is 0 Å². The van der Waals surface area contributed by atoms with Crippen LogP contribution in [0.2, 0.25) is 0 Å². The molecule has 0 aromatic heterocycles. The van der Waals surface area contributed by atoms with Gasteiger partial charge < -0.3 is 9.84 Å². The van der Waals surface area contributed by atoms with Gasteiger partial charge in [-0.1, -0.05) is 0 Å². The maximum absolute atomic E-state index is 12.0. The average Bonchev–Trinajstić information content (AvgIpc) is 2.82. The summed E-state index contributed by atoms with van der Waals surface area (Å²) in [6.07, 6.45) is 5.18. The second-order valence-electron chi connectivity index (χ2n) is 5.94. The minimum atomic E-state index is -3.13. The van der Waals surface area contributed by atoms with Crippen molar-refractivity contribution in [2.75, 3.05) is 18.1 Å². The van der Waals surface area contributed by atoms with E-state index in [1.165, 1.54) is 0 Å². The lowest BCUT2D eigenvalue weighted by molar-refractivity contribution is -0.138. The SMILES string of the molecule is O=C(O)CC1(CS(=O)(=O)CCCC2CCCO2)CC1. The number of rotatable bonds is 8. The van der Waals surface area contributed by atoms with Gasteiger partial charge in [0.15, 0.2) is 9.84 Å². The number of ether oxygens (including phenoxy) is 1. The predicted octanol–water partition coefficient (Wildman–Crippen LogP) is 1.62. The summed E-state index contributed by atoms with van der Waals surface area (Å²) < 4.78 is 29.5. The van der Waals surface area contributed by atoms with Gasteiger partial charge >= 0.3 is 5.97 Å². The molecule has 0 aromatic rings. The van der Waals surface area contributed by atoms with E-state index in [0.717, 1.165) is 38.7 Å². The molecule has 0 bridgehead atoms. The van der Waals surface area contributed by atoms with E-state index in [4.69, 9.17) is 9.84 Å². The lowest BCUT2D eigenvalue weighted by atomic mass is 10.1. The maximum Gasteiger partial charge on any atom is 0.303 e. The molecule has 1 aliphatic carbocycles. The third kappa shape index (κ3) is 4.76. The van der Waals surface area contributed by atoms with Crippen molar-refractivity contribution in [2.45, 2.75) is 51.0 Å². The van der Waals surface area contributed by atoms with E-state index in [-0.39, 0.29) is 24.0 Å². The highest BCUT2D eigenvalue weighted by molar-refractivity contribution is 7.91. The molecule has 0 aromatic carbocycles. The van der Waals surface area contributed by atoms with Crippen LogP contribution in [0.1, 0.15) is 44.9 Å². The van der Waals surface area contributed by atoms with Crippen molar-refractivity contribution in [3.05, 3.63) is 0 Å². The van der Waals surface area contributed by atoms with E-state index >= 15 is 0 Å². The zero-order valence-electron chi connectivity index (χ0n) is 11.1. The third-order valence-corrected chi connectivity index (χ3v) is 5.98. The molecule has 2 fully saturated rings. The molecule has 2 rings (SSSR count). The van der Waals surface area contributed by atoms with Crippen LogP contribution in [0, 0.1) is 5.41 Å². The molecular formula is C13H22O5S. The van der Waals surface area contributed by atoms with Crippen molar-refractivity contribution >= 4 is 15.8 Å². The monoisotopic (exact) mass is 290 g/mol. The predicted molar refractivity (Wildman–Crippen MR) is 70.8 cm³/mol. The Labute approximate surface area is 114 Å². The highest BCUT2D eigenvalue weighted by atomic mass is 32.2. The fraction of sp³-hybridized carbons (Fsp3) is 0.923. The van der Waals surface area contributed by atoms with Crippen LogP contribution in [-0.2, 0) is 19.4 Å². The van der Waals surface area contributed by atoms with E-state index in [0.29, 0.717) is 6.42 Å². The molecule has 19 heavy (non-hydrogen) atoms. The minimum absolute atomic E-state index is 0.0159. The number of aliphatic carboxylic acids is 1. The molecule has 0 amide bonds. The van der Waals surface area contributed by atoms with Crippen molar-refractivity contribution < 1.29 is 23.1 Å². The summed E-state index contributed by atoms with van der Waals surface area (Å²) in [6, 6.07) is 0. The third-order valence-electron chi connectivity index (χ3n) is 4.01. The second-order valence-corrected chi connectivity index (χ2v) is 8.12. The van der Waals surface area contributed by atoms with Gasteiger partial charge in [-0.3, -0.25) is 4.79 Å². The Morgan fingerprint density at radius 2 is 2.11 bits per heavy atom. The van der Waals surface area contributed by atoms with Crippen LogP contribution in [0.15, 0.2) is 0 Å². The van der Waals surface area contributed by atoms with Crippen LogP contribution < -0.4 is 0 Å². The summed E-state index contributed by atoms with van der Waals surface area (Å²) in [4.78, 5) is 10.7. The Bertz CT molecular complexity index is 418. The number of carbonyl (C=O) groups is 1. The Hall–Kier alpha value is -0.620. The van der Waals surface area contributed by atoms with E-state index in [1.54, 1.807) is 0 Å². The van der Waals surface area contributed by atoms with Crippen molar-refractivity contribution in [1.82, 2.24) is 0 Å². The van der Waals surface area contributed by atoms with Crippen LogP contribution in [0.25, 0.3) is 0 Å². The number of sulfone groups is 1. The molecular weight excluding hydrogens is 268 g/mol. The molecule has 1 heterocycles. The number of carboxylic acids is 1. The summed E-state index contributed by atoms with van der Waals surface area (Å²) in [7, 11) is -3.13. The van der Waals surface area contributed by atoms with Crippen molar-refractivity contribution in [1.29, 1.82) is 0 Å². The topological polar surface area (TPSA) is 80.7 Å². The number of carboxylic acid groups (broad SMARTS) is 1. The fourth-order valence-electron chi connectivity index (χ4n) is 2.81. The first-order valence-corrected chi connectivity index (χ1v) is 8.77. The van der Waals surface area contributed by atoms with Crippen LogP contribution in [0.3, 0.4) is 0 Å². The van der Waals surface area contributed by atoms with Crippen LogP contribution in [0.4, 0.5) is 0 Å². The quantitative estimate of drug-likeness (QED) is 0.734. The molecule has 1 N–H and O–H groups in total. The Morgan fingerprint density at radius 1 is 1.37 bits per heavy atom. The molecule has 1 atom stereocenters. The minimum Gasteiger partial charge on any atom is -0.481 e. The molecule has 6 heteroatoms. The Balaban J connectivity index is 1.73. The molecule has 2 aliphatic rings.